The summed E-state index contributed by atoms with van der Waals surface area (Å²) in [6.07, 6.45) is -5.05. The number of anilines is 1. The van der Waals surface area contributed by atoms with Gasteiger partial charge in [0.2, 0.25) is 5.91 Å². The van der Waals surface area contributed by atoms with Gasteiger partial charge in [0.15, 0.2) is 5.82 Å². The van der Waals surface area contributed by atoms with Gasteiger partial charge in [-0.05, 0) is 26.0 Å². The molecule has 0 aliphatic heterocycles. The number of nitrogens with zero attached hydrogens (tertiary/aromatic N) is 1. The SMILES string of the molecule is CC(C)(N)C(=O)Nc1ccc(C#N)c(C(F)(F)F)c1F. The number of carbonyl (C=O) groups is 1. The maximum absolute atomic E-state index is 13.8. The first-order chi connectivity index (χ1) is 8.98. The maximum Gasteiger partial charge on any atom is 0.420 e. The van der Waals surface area contributed by atoms with Crippen molar-refractivity contribution in [1.29, 1.82) is 5.26 Å². The van der Waals surface area contributed by atoms with Crippen molar-refractivity contribution in [1.82, 2.24) is 0 Å². The van der Waals surface area contributed by atoms with Crippen LogP contribution in [-0.4, -0.2) is 11.4 Å². The van der Waals surface area contributed by atoms with Crippen LogP contribution in [0.2, 0.25) is 0 Å². The largest absolute Gasteiger partial charge is 0.420 e. The summed E-state index contributed by atoms with van der Waals surface area (Å²) in [7, 11) is 0. The molecule has 20 heavy (non-hydrogen) atoms. The van der Waals surface area contributed by atoms with Crippen LogP contribution in [0.25, 0.3) is 0 Å². The summed E-state index contributed by atoms with van der Waals surface area (Å²) in [5, 5.41) is 10.5. The van der Waals surface area contributed by atoms with E-state index >= 15 is 0 Å². The molecular formula is C12H11F4N3O. The predicted octanol–water partition coefficient (Wildman–Crippen LogP) is 2.39. The number of hydrogen-bond acceptors (Lipinski definition) is 3. The molecule has 0 saturated carbocycles. The van der Waals surface area contributed by atoms with E-state index in [0.29, 0.717) is 0 Å². The molecular weight excluding hydrogens is 278 g/mol. The zero-order chi connectivity index (χ0) is 15.7. The highest BCUT2D eigenvalue weighted by Crippen LogP contribution is 2.36. The summed E-state index contributed by atoms with van der Waals surface area (Å²) >= 11 is 0. The molecule has 108 valence electrons. The van der Waals surface area contributed by atoms with E-state index in [9.17, 15) is 22.4 Å². The number of nitrogens with one attached hydrogen (secondary N) is 1. The minimum Gasteiger partial charge on any atom is -0.322 e. The first-order valence-electron chi connectivity index (χ1n) is 5.38. The van der Waals surface area contributed by atoms with Crippen LogP contribution < -0.4 is 11.1 Å². The van der Waals surface area contributed by atoms with E-state index in [4.69, 9.17) is 11.0 Å². The molecule has 1 aromatic rings. The van der Waals surface area contributed by atoms with Gasteiger partial charge in [0.25, 0.3) is 0 Å². The van der Waals surface area contributed by atoms with Crippen LogP contribution in [0.1, 0.15) is 25.0 Å². The molecule has 0 saturated heterocycles. The number of nitriles is 1. The Hall–Kier alpha value is -2.14. The standard InChI is InChI=1S/C12H11F4N3O/c1-11(2,18)10(20)19-7-4-3-6(5-17)8(9(7)13)12(14,15)16/h3-4H,18H2,1-2H3,(H,19,20). The van der Waals surface area contributed by atoms with Crippen molar-refractivity contribution in [2.45, 2.75) is 25.6 Å². The van der Waals surface area contributed by atoms with Crippen molar-refractivity contribution in [2.75, 3.05) is 5.32 Å². The summed E-state index contributed by atoms with van der Waals surface area (Å²) < 4.78 is 52.0. The molecule has 1 amide bonds. The summed E-state index contributed by atoms with van der Waals surface area (Å²) in [6, 6.07) is 2.92. The van der Waals surface area contributed by atoms with E-state index < -0.39 is 40.3 Å². The van der Waals surface area contributed by atoms with Gasteiger partial charge in [-0.2, -0.15) is 18.4 Å². The van der Waals surface area contributed by atoms with Gasteiger partial charge < -0.3 is 11.1 Å². The molecule has 0 unspecified atom stereocenters. The second kappa shape index (κ2) is 5.09. The molecule has 1 aromatic carbocycles. The highest BCUT2D eigenvalue weighted by molar-refractivity contribution is 5.97. The predicted molar refractivity (Wildman–Crippen MR) is 63.0 cm³/mol. The van der Waals surface area contributed by atoms with E-state index in [1.807, 2.05) is 5.32 Å². The molecule has 1 rings (SSSR count). The second-order valence-electron chi connectivity index (χ2n) is 4.64. The van der Waals surface area contributed by atoms with Crippen molar-refractivity contribution >= 4 is 11.6 Å². The van der Waals surface area contributed by atoms with Crippen LogP contribution in [0.5, 0.6) is 0 Å². The van der Waals surface area contributed by atoms with Gasteiger partial charge in [-0.15, -0.1) is 0 Å². The highest BCUT2D eigenvalue weighted by atomic mass is 19.4. The first kappa shape index (κ1) is 15.9. The number of benzene rings is 1. The molecule has 8 heteroatoms. The molecule has 0 aliphatic carbocycles. The fourth-order valence-electron chi connectivity index (χ4n) is 1.33. The van der Waals surface area contributed by atoms with E-state index in [1.165, 1.54) is 19.9 Å². The lowest BCUT2D eigenvalue weighted by molar-refractivity contribution is -0.140. The molecule has 0 aliphatic rings. The number of hydrogen-bond donors (Lipinski definition) is 2. The number of rotatable bonds is 2. The second-order valence-corrected chi connectivity index (χ2v) is 4.64. The summed E-state index contributed by atoms with van der Waals surface area (Å²) in [5.41, 5.74) is 0.801. The Labute approximate surface area is 112 Å². The third kappa shape index (κ3) is 3.24. The molecule has 3 N–H and O–H groups in total. The average molecular weight is 289 g/mol. The molecule has 0 radical (unpaired) electrons. The Bertz CT molecular complexity index is 582. The molecule has 0 atom stereocenters. The summed E-state index contributed by atoms with van der Waals surface area (Å²) in [4.78, 5) is 11.6. The zero-order valence-electron chi connectivity index (χ0n) is 10.6. The molecule has 0 aromatic heterocycles. The van der Waals surface area contributed by atoms with Crippen LogP contribution in [0.3, 0.4) is 0 Å². The molecule has 0 bridgehead atoms. The van der Waals surface area contributed by atoms with E-state index in [0.717, 1.165) is 12.1 Å². The Morgan fingerprint density at radius 1 is 1.35 bits per heavy atom. The van der Waals surface area contributed by atoms with Crippen LogP contribution in [0, 0.1) is 17.1 Å². The van der Waals surface area contributed by atoms with E-state index in [1.54, 1.807) is 0 Å². The van der Waals surface area contributed by atoms with E-state index in [2.05, 4.69) is 0 Å². The van der Waals surface area contributed by atoms with E-state index in [-0.39, 0.29) is 0 Å². The number of carbonyl (C=O) groups excluding carboxylic acids is 1. The van der Waals surface area contributed by atoms with Gasteiger partial charge in [0.05, 0.1) is 22.9 Å². The van der Waals surface area contributed by atoms with Crippen LogP contribution in [-0.2, 0) is 11.0 Å². The van der Waals surface area contributed by atoms with Crippen LogP contribution in [0.4, 0.5) is 23.2 Å². The minimum absolute atomic E-state index is 0.681. The Morgan fingerprint density at radius 3 is 2.30 bits per heavy atom. The number of nitrogens with two attached hydrogens (primary N) is 1. The third-order valence-corrected chi connectivity index (χ3v) is 2.38. The lowest BCUT2D eigenvalue weighted by Crippen LogP contribution is -2.45. The number of amides is 1. The van der Waals surface area contributed by atoms with Crippen molar-refractivity contribution < 1.29 is 22.4 Å². The van der Waals surface area contributed by atoms with Crippen LogP contribution >= 0.6 is 0 Å². The smallest absolute Gasteiger partial charge is 0.322 e. The average Bonchev–Trinajstić information content (AvgIpc) is 2.28. The van der Waals surface area contributed by atoms with Gasteiger partial charge in [-0.3, -0.25) is 4.79 Å². The Balaban J connectivity index is 3.34. The Morgan fingerprint density at radius 2 is 1.90 bits per heavy atom. The topological polar surface area (TPSA) is 78.9 Å². The van der Waals surface area contributed by atoms with Crippen molar-refractivity contribution in [3.63, 3.8) is 0 Å². The lowest BCUT2D eigenvalue weighted by atomic mass is 10.0. The monoisotopic (exact) mass is 289 g/mol. The fraction of sp³-hybridized carbons (Fsp3) is 0.333. The highest BCUT2D eigenvalue weighted by Gasteiger charge is 2.38. The van der Waals surface area contributed by atoms with Gasteiger partial charge in [-0.1, -0.05) is 0 Å². The first-order valence-corrected chi connectivity index (χ1v) is 5.38. The molecule has 0 heterocycles. The van der Waals surface area contributed by atoms with Gasteiger partial charge in [-0.25, -0.2) is 4.39 Å². The minimum atomic E-state index is -5.05. The molecule has 0 fully saturated rings. The summed E-state index contributed by atoms with van der Waals surface area (Å²) in [5.74, 6) is -2.57. The van der Waals surface area contributed by atoms with Gasteiger partial charge in [0, 0.05) is 0 Å². The van der Waals surface area contributed by atoms with Crippen molar-refractivity contribution in [3.05, 3.63) is 29.1 Å². The van der Waals surface area contributed by atoms with Crippen LogP contribution in [0.15, 0.2) is 12.1 Å². The van der Waals surface area contributed by atoms with Crippen molar-refractivity contribution in [3.8, 4) is 6.07 Å². The van der Waals surface area contributed by atoms with Gasteiger partial charge in [0.1, 0.15) is 5.56 Å². The number of alkyl halides is 3. The van der Waals surface area contributed by atoms with Gasteiger partial charge >= 0.3 is 6.18 Å². The lowest BCUT2D eigenvalue weighted by Gasteiger charge is -2.19. The zero-order valence-corrected chi connectivity index (χ0v) is 10.6. The summed E-state index contributed by atoms with van der Waals surface area (Å²) in [6.45, 7) is 2.63. The number of halogens is 4. The quantitative estimate of drug-likeness (QED) is 0.820. The maximum atomic E-state index is 13.8. The third-order valence-electron chi connectivity index (χ3n) is 2.38. The fourth-order valence-corrected chi connectivity index (χ4v) is 1.33. The normalized spacial score (nSPS) is 11.9. The Kier molecular flexibility index (Phi) is 4.05. The molecule has 0 spiro atoms. The van der Waals surface area contributed by atoms with Crippen molar-refractivity contribution in [2.24, 2.45) is 5.73 Å². The molecule has 4 nitrogen and oxygen atoms in total.